The molecule has 0 spiro atoms. The Labute approximate surface area is 219 Å². The first-order valence-electron chi connectivity index (χ1n) is 11.9. The van der Waals surface area contributed by atoms with Crippen LogP contribution in [0.1, 0.15) is 40.6 Å². The van der Waals surface area contributed by atoms with Crippen molar-refractivity contribution in [3.8, 4) is 17.2 Å². The zero-order chi connectivity index (χ0) is 26.7. The minimum Gasteiger partial charge on any atom is -0.493 e. The molecule has 2 aliphatic rings. The van der Waals surface area contributed by atoms with Crippen molar-refractivity contribution in [2.75, 3.05) is 33.6 Å². The molecule has 11 heteroatoms. The molecular formula is C26H30FN3O6S. The molecule has 0 aliphatic carbocycles. The number of ether oxygens (including phenoxy) is 3. The number of nitrogens with two attached hydrogens (primary N) is 1. The summed E-state index contributed by atoms with van der Waals surface area (Å²) in [7, 11) is 4.35. The number of amides is 3. The summed E-state index contributed by atoms with van der Waals surface area (Å²) in [6.07, 6.45) is 1.89. The smallest absolute Gasteiger partial charge is 0.256 e. The summed E-state index contributed by atoms with van der Waals surface area (Å²) >= 11 is 1.37. The molecular weight excluding hydrogens is 501 g/mol. The second-order valence-corrected chi connectivity index (χ2v) is 9.92. The summed E-state index contributed by atoms with van der Waals surface area (Å²) in [6, 6.07) is 7.14. The molecule has 9 nitrogen and oxygen atoms in total. The molecule has 2 heterocycles. The van der Waals surface area contributed by atoms with E-state index < -0.39 is 41.0 Å². The predicted molar refractivity (Wildman–Crippen MR) is 136 cm³/mol. The second-order valence-electron chi connectivity index (χ2n) is 8.81. The number of nitrogens with zero attached hydrogens (tertiary/aromatic N) is 2. The maximum atomic E-state index is 14.1. The number of benzene rings is 2. The van der Waals surface area contributed by atoms with E-state index in [9.17, 15) is 18.8 Å². The Morgan fingerprint density at radius 1 is 1.03 bits per heavy atom. The molecule has 4 rings (SSSR count). The zero-order valence-electron chi connectivity index (χ0n) is 20.9. The Hall–Kier alpha value is -3.31. The number of carbonyl (C=O) groups excluding carboxylic acids is 3. The second kappa shape index (κ2) is 11.4. The number of halogens is 1. The van der Waals surface area contributed by atoms with Crippen LogP contribution in [0, 0.1) is 5.82 Å². The van der Waals surface area contributed by atoms with Gasteiger partial charge in [0.1, 0.15) is 17.2 Å². The van der Waals surface area contributed by atoms with Crippen LogP contribution in [-0.2, 0) is 9.59 Å². The van der Waals surface area contributed by atoms with Gasteiger partial charge in [-0.1, -0.05) is 12.1 Å². The van der Waals surface area contributed by atoms with E-state index in [1.54, 1.807) is 12.1 Å². The van der Waals surface area contributed by atoms with Gasteiger partial charge in [0.2, 0.25) is 11.7 Å². The average Bonchev–Trinajstić information content (AvgIpc) is 3.28. The highest BCUT2D eigenvalue weighted by molar-refractivity contribution is 7.99. The molecule has 2 saturated heterocycles. The number of hydrogen-bond acceptors (Lipinski definition) is 8. The normalized spacial score (nSPS) is 22.0. The molecule has 3 unspecified atom stereocenters. The van der Waals surface area contributed by atoms with Gasteiger partial charge in [-0.15, -0.1) is 11.8 Å². The molecule has 3 amide bonds. The Balaban J connectivity index is 1.76. The van der Waals surface area contributed by atoms with Gasteiger partial charge in [0.25, 0.3) is 11.8 Å². The Morgan fingerprint density at radius 3 is 2.27 bits per heavy atom. The first kappa shape index (κ1) is 26.7. The number of imide groups is 1. The van der Waals surface area contributed by atoms with Crippen LogP contribution in [0.4, 0.5) is 4.39 Å². The zero-order valence-corrected chi connectivity index (χ0v) is 21.8. The molecule has 198 valence electrons. The quantitative estimate of drug-likeness (QED) is 0.567. The summed E-state index contributed by atoms with van der Waals surface area (Å²) in [5, 5.41) is -0.586. The van der Waals surface area contributed by atoms with Gasteiger partial charge < -0.3 is 24.8 Å². The summed E-state index contributed by atoms with van der Waals surface area (Å²) in [5.74, 6) is -0.633. The third kappa shape index (κ3) is 5.24. The molecule has 2 aromatic carbocycles. The SMILES string of the molecule is COc1cc(C(=O)N2C(C(=O)N3CCCCC(N)C3=O)CSC2c2ccc(F)cc2)cc(OC)c1OC. The van der Waals surface area contributed by atoms with E-state index in [0.717, 1.165) is 6.42 Å². The van der Waals surface area contributed by atoms with E-state index in [0.29, 0.717) is 24.2 Å². The van der Waals surface area contributed by atoms with Crippen LogP contribution < -0.4 is 19.9 Å². The summed E-state index contributed by atoms with van der Waals surface area (Å²) in [4.78, 5) is 43.3. The lowest BCUT2D eigenvalue weighted by atomic mass is 10.1. The van der Waals surface area contributed by atoms with Crippen LogP contribution in [0.5, 0.6) is 17.2 Å². The molecule has 2 N–H and O–H groups in total. The maximum Gasteiger partial charge on any atom is 0.256 e. The van der Waals surface area contributed by atoms with Crippen molar-refractivity contribution in [3.63, 3.8) is 0 Å². The van der Waals surface area contributed by atoms with Crippen molar-refractivity contribution in [1.82, 2.24) is 9.80 Å². The highest BCUT2D eigenvalue weighted by atomic mass is 32.2. The molecule has 2 aliphatic heterocycles. The summed E-state index contributed by atoms with van der Waals surface area (Å²) < 4.78 is 29.8. The van der Waals surface area contributed by atoms with Crippen LogP contribution in [0.3, 0.4) is 0 Å². The largest absolute Gasteiger partial charge is 0.493 e. The highest BCUT2D eigenvalue weighted by Gasteiger charge is 2.46. The molecule has 0 saturated carbocycles. The monoisotopic (exact) mass is 531 g/mol. The molecule has 37 heavy (non-hydrogen) atoms. The molecule has 2 aromatic rings. The summed E-state index contributed by atoms with van der Waals surface area (Å²) in [6.45, 7) is 0.250. The van der Waals surface area contributed by atoms with Crippen LogP contribution in [0.2, 0.25) is 0 Å². The van der Waals surface area contributed by atoms with Crippen molar-refractivity contribution in [2.24, 2.45) is 5.73 Å². The van der Waals surface area contributed by atoms with Crippen molar-refractivity contribution >= 4 is 29.5 Å². The van der Waals surface area contributed by atoms with E-state index in [-0.39, 0.29) is 29.4 Å². The minimum absolute atomic E-state index is 0.209. The molecule has 0 bridgehead atoms. The topological polar surface area (TPSA) is 111 Å². The van der Waals surface area contributed by atoms with Crippen molar-refractivity contribution in [3.05, 3.63) is 53.3 Å². The lowest BCUT2D eigenvalue weighted by Gasteiger charge is -2.32. The Bertz CT molecular complexity index is 1150. The first-order chi connectivity index (χ1) is 17.8. The number of thioether (sulfide) groups is 1. The highest BCUT2D eigenvalue weighted by Crippen LogP contribution is 2.45. The fraction of sp³-hybridized carbons (Fsp3) is 0.423. The first-order valence-corrected chi connectivity index (χ1v) is 13.0. The van der Waals surface area contributed by atoms with Crippen LogP contribution in [-0.4, -0.2) is 73.2 Å². The molecule has 0 aromatic heterocycles. The van der Waals surface area contributed by atoms with Crippen LogP contribution in [0.15, 0.2) is 36.4 Å². The van der Waals surface area contributed by atoms with E-state index in [4.69, 9.17) is 19.9 Å². The Morgan fingerprint density at radius 2 is 1.68 bits per heavy atom. The van der Waals surface area contributed by atoms with Gasteiger partial charge in [0.15, 0.2) is 11.5 Å². The standard InChI is InChI=1S/C26H30FN3O6S/c1-34-20-12-16(13-21(35-2)22(20)36-3)23(31)30-19(14-37-26(30)15-7-9-17(27)10-8-15)25(33)29-11-5-4-6-18(28)24(29)32/h7-10,12-13,18-19,26H,4-6,11,14,28H2,1-3H3. The van der Waals surface area contributed by atoms with Crippen molar-refractivity contribution < 1.29 is 33.0 Å². The minimum atomic E-state index is -0.930. The Kier molecular flexibility index (Phi) is 8.23. The van der Waals surface area contributed by atoms with Gasteiger partial charge in [-0.3, -0.25) is 19.3 Å². The number of rotatable bonds is 6. The van der Waals surface area contributed by atoms with Crippen LogP contribution >= 0.6 is 11.8 Å². The van der Waals surface area contributed by atoms with Gasteiger partial charge in [-0.05, 0) is 49.1 Å². The maximum absolute atomic E-state index is 14.1. The third-order valence-corrected chi connectivity index (χ3v) is 7.91. The van der Waals surface area contributed by atoms with Gasteiger partial charge in [-0.25, -0.2) is 4.39 Å². The van der Waals surface area contributed by atoms with E-state index in [1.807, 2.05) is 0 Å². The van der Waals surface area contributed by atoms with E-state index >= 15 is 0 Å². The van der Waals surface area contributed by atoms with E-state index in [2.05, 4.69) is 0 Å². The molecule has 3 atom stereocenters. The third-order valence-electron chi connectivity index (χ3n) is 6.58. The number of carbonyl (C=O) groups is 3. The van der Waals surface area contributed by atoms with Gasteiger partial charge in [0, 0.05) is 17.9 Å². The lowest BCUT2D eigenvalue weighted by molar-refractivity contribution is -0.147. The fourth-order valence-electron chi connectivity index (χ4n) is 4.65. The number of hydrogen-bond donors (Lipinski definition) is 1. The number of methoxy groups -OCH3 is 3. The predicted octanol–water partition coefficient (Wildman–Crippen LogP) is 2.97. The lowest BCUT2D eigenvalue weighted by Crippen LogP contribution is -2.54. The van der Waals surface area contributed by atoms with Crippen molar-refractivity contribution in [2.45, 2.75) is 36.7 Å². The van der Waals surface area contributed by atoms with Crippen LogP contribution in [0.25, 0.3) is 0 Å². The van der Waals surface area contributed by atoms with E-state index in [1.165, 1.54) is 67.2 Å². The summed E-state index contributed by atoms with van der Waals surface area (Å²) in [5.41, 5.74) is 6.87. The van der Waals surface area contributed by atoms with Gasteiger partial charge >= 0.3 is 0 Å². The molecule has 2 fully saturated rings. The number of likely N-dealkylation sites (tertiary alicyclic amines) is 1. The average molecular weight is 532 g/mol. The van der Waals surface area contributed by atoms with Crippen molar-refractivity contribution in [1.29, 1.82) is 0 Å². The fourth-order valence-corrected chi connectivity index (χ4v) is 6.07. The van der Waals surface area contributed by atoms with Gasteiger partial charge in [-0.2, -0.15) is 0 Å². The molecule has 0 radical (unpaired) electrons. The van der Waals surface area contributed by atoms with Gasteiger partial charge in [0.05, 0.1) is 27.4 Å².